The van der Waals surface area contributed by atoms with Crippen LogP contribution < -0.4 is 5.32 Å². The van der Waals surface area contributed by atoms with Crippen molar-refractivity contribution in [3.63, 3.8) is 0 Å². The minimum Gasteiger partial charge on any atom is -0.383 e. The van der Waals surface area contributed by atoms with Gasteiger partial charge >= 0.3 is 0 Å². The first kappa shape index (κ1) is 12.7. The highest BCUT2D eigenvalue weighted by Crippen LogP contribution is 2.10. The number of rotatable bonds is 4. The Bertz CT molecular complexity index is 374. The van der Waals surface area contributed by atoms with Gasteiger partial charge in [-0.15, -0.1) is 0 Å². The zero-order chi connectivity index (χ0) is 12.1. The molecular weight excluding hydrogens is 202 g/mol. The molecule has 0 bridgehead atoms. The maximum Gasteiger partial charge on any atom is 0.251 e. The van der Waals surface area contributed by atoms with Crippen LogP contribution in [0.3, 0.4) is 0 Å². The summed E-state index contributed by atoms with van der Waals surface area (Å²) in [6.45, 7) is 6.41. The number of carbonyl (C=O) groups is 1. The lowest BCUT2D eigenvalue weighted by molar-refractivity contribution is 0.0905. The number of nitrogens with one attached hydrogen (secondary N) is 1. The van der Waals surface area contributed by atoms with Crippen LogP contribution in [0.5, 0.6) is 0 Å². The van der Waals surface area contributed by atoms with E-state index in [1.165, 1.54) is 5.56 Å². The topological polar surface area (TPSA) is 38.3 Å². The molecule has 0 aliphatic carbocycles. The minimum absolute atomic E-state index is 0.0261. The number of methoxy groups -OCH3 is 1. The Morgan fingerprint density at radius 2 is 2.12 bits per heavy atom. The van der Waals surface area contributed by atoms with E-state index < -0.39 is 0 Å². The van der Waals surface area contributed by atoms with E-state index in [1.54, 1.807) is 7.11 Å². The Hall–Kier alpha value is -1.35. The molecule has 0 saturated carbocycles. The summed E-state index contributed by atoms with van der Waals surface area (Å²) >= 11 is 0. The third kappa shape index (κ3) is 3.35. The zero-order valence-corrected chi connectivity index (χ0v) is 10.3. The smallest absolute Gasteiger partial charge is 0.251 e. The molecule has 16 heavy (non-hydrogen) atoms. The molecule has 0 heterocycles. The predicted octanol–water partition coefficient (Wildman–Crippen LogP) is 2.07. The highest BCUT2D eigenvalue weighted by atomic mass is 16.5. The third-order valence-electron chi connectivity index (χ3n) is 2.42. The molecule has 3 nitrogen and oxygen atoms in total. The highest BCUT2D eigenvalue weighted by Gasteiger charge is 2.11. The van der Waals surface area contributed by atoms with E-state index in [-0.39, 0.29) is 11.9 Å². The lowest BCUT2D eigenvalue weighted by Gasteiger charge is -2.14. The standard InChI is InChI=1S/C13H19NO2/c1-9-5-6-12(10(2)7-9)13(15)14-11(3)8-16-4/h5-7,11H,8H2,1-4H3,(H,14,15)/t11-/m0/s1. The molecule has 1 aromatic carbocycles. The first-order chi connectivity index (χ1) is 7.54. The summed E-state index contributed by atoms with van der Waals surface area (Å²) in [6, 6.07) is 5.84. The molecule has 3 heteroatoms. The maximum atomic E-state index is 11.9. The van der Waals surface area contributed by atoms with Crippen LogP contribution in [0.1, 0.15) is 28.4 Å². The van der Waals surface area contributed by atoms with E-state index in [4.69, 9.17) is 4.74 Å². The van der Waals surface area contributed by atoms with Gasteiger partial charge in [0.25, 0.3) is 5.91 Å². The third-order valence-corrected chi connectivity index (χ3v) is 2.42. The summed E-state index contributed by atoms with van der Waals surface area (Å²) in [5, 5.41) is 2.89. The van der Waals surface area contributed by atoms with Gasteiger partial charge in [-0.05, 0) is 32.4 Å². The van der Waals surface area contributed by atoms with Crippen molar-refractivity contribution in [1.82, 2.24) is 5.32 Å². The van der Waals surface area contributed by atoms with Gasteiger partial charge in [0.1, 0.15) is 0 Å². The van der Waals surface area contributed by atoms with Gasteiger partial charge in [-0.2, -0.15) is 0 Å². The molecule has 1 N–H and O–H groups in total. The zero-order valence-electron chi connectivity index (χ0n) is 10.3. The molecule has 0 aromatic heterocycles. The number of hydrogen-bond donors (Lipinski definition) is 1. The highest BCUT2D eigenvalue weighted by molar-refractivity contribution is 5.95. The van der Waals surface area contributed by atoms with Crippen molar-refractivity contribution < 1.29 is 9.53 Å². The average Bonchev–Trinajstić information content (AvgIpc) is 2.17. The largest absolute Gasteiger partial charge is 0.383 e. The molecule has 1 amide bonds. The number of hydrogen-bond acceptors (Lipinski definition) is 2. The summed E-state index contributed by atoms with van der Waals surface area (Å²) in [6.07, 6.45) is 0. The monoisotopic (exact) mass is 221 g/mol. The van der Waals surface area contributed by atoms with E-state index in [0.717, 1.165) is 11.1 Å². The van der Waals surface area contributed by atoms with Gasteiger partial charge in [0.05, 0.1) is 6.61 Å². The number of benzene rings is 1. The summed E-state index contributed by atoms with van der Waals surface area (Å²) < 4.78 is 4.98. The lowest BCUT2D eigenvalue weighted by atomic mass is 10.1. The van der Waals surface area contributed by atoms with Gasteiger partial charge in [0.15, 0.2) is 0 Å². The summed E-state index contributed by atoms with van der Waals surface area (Å²) in [5.41, 5.74) is 2.90. The Labute approximate surface area is 96.8 Å². The first-order valence-electron chi connectivity index (χ1n) is 5.41. The number of ether oxygens (including phenoxy) is 1. The molecule has 0 unspecified atom stereocenters. The molecule has 0 spiro atoms. The van der Waals surface area contributed by atoms with Crippen LogP contribution in [0, 0.1) is 13.8 Å². The first-order valence-corrected chi connectivity index (χ1v) is 5.41. The van der Waals surface area contributed by atoms with E-state index in [9.17, 15) is 4.79 Å². The van der Waals surface area contributed by atoms with Gasteiger partial charge in [0, 0.05) is 18.7 Å². The van der Waals surface area contributed by atoms with Crippen molar-refractivity contribution in [2.45, 2.75) is 26.8 Å². The van der Waals surface area contributed by atoms with Gasteiger partial charge in [-0.3, -0.25) is 4.79 Å². The van der Waals surface area contributed by atoms with Gasteiger partial charge in [-0.1, -0.05) is 17.7 Å². The summed E-state index contributed by atoms with van der Waals surface area (Å²) in [7, 11) is 1.62. The molecule has 1 atom stereocenters. The van der Waals surface area contributed by atoms with Crippen molar-refractivity contribution in [2.24, 2.45) is 0 Å². The number of amides is 1. The Morgan fingerprint density at radius 1 is 1.44 bits per heavy atom. The van der Waals surface area contributed by atoms with Crippen molar-refractivity contribution in [1.29, 1.82) is 0 Å². The van der Waals surface area contributed by atoms with Gasteiger partial charge in [-0.25, -0.2) is 0 Å². The van der Waals surface area contributed by atoms with Crippen LogP contribution in [-0.2, 0) is 4.74 Å². The molecule has 0 aliphatic rings. The van der Waals surface area contributed by atoms with E-state index >= 15 is 0 Å². The van der Waals surface area contributed by atoms with Crippen LogP contribution in [-0.4, -0.2) is 25.7 Å². The fourth-order valence-corrected chi connectivity index (χ4v) is 1.66. The fraction of sp³-hybridized carbons (Fsp3) is 0.462. The number of carbonyl (C=O) groups excluding carboxylic acids is 1. The molecular formula is C13H19NO2. The van der Waals surface area contributed by atoms with E-state index in [0.29, 0.717) is 6.61 Å². The molecule has 0 fully saturated rings. The molecule has 1 rings (SSSR count). The second kappa shape index (κ2) is 5.66. The van der Waals surface area contributed by atoms with Crippen molar-refractivity contribution in [2.75, 3.05) is 13.7 Å². The molecule has 88 valence electrons. The second-order valence-electron chi connectivity index (χ2n) is 4.15. The minimum atomic E-state index is -0.0398. The maximum absolute atomic E-state index is 11.9. The van der Waals surface area contributed by atoms with Crippen molar-refractivity contribution >= 4 is 5.91 Å². The van der Waals surface area contributed by atoms with Crippen LogP contribution in [0.15, 0.2) is 18.2 Å². The predicted molar refractivity (Wildman–Crippen MR) is 64.7 cm³/mol. The molecule has 0 saturated heterocycles. The fourth-order valence-electron chi connectivity index (χ4n) is 1.66. The van der Waals surface area contributed by atoms with Crippen LogP contribution in [0.2, 0.25) is 0 Å². The van der Waals surface area contributed by atoms with Crippen molar-refractivity contribution in [3.8, 4) is 0 Å². The van der Waals surface area contributed by atoms with Crippen LogP contribution >= 0.6 is 0 Å². The molecule has 1 aromatic rings. The Morgan fingerprint density at radius 3 is 2.69 bits per heavy atom. The molecule has 0 radical (unpaired) electrons. The molecule has 0 aliphatic heterocycles. The van der Waals surface area contributed by atoms with E-state index in [2.05, 4.69) is 5.32 Å². The van der Waals surface area contributed by atoms with E-state index in [1.807, 2.05) is 39.0 Å². The van der Waals surface area contributed by atoms with Gasteiger partial charge < -0.3 is 10.1 Å². The lowest BCUT2D eigenvalue weighted by Crippen LogP contribution is -2.35. The normalized spacial score (nSPS) is 12.2. The Balaban J connectivity index is 2.73. The SMILES string of the molecule is COC[C@H](C)NC(=O)c1ccc(C)cc1C. The number of aryl methyl sites for hydroxylation is 2. The second-order valence-corrected chi connectivity index (χ2v) is 4.15. The van der Waals surface area contributed by atoms with Crippen LogP contribution in [0.25, 0.3) is 0 Å². The summed E-state index contributed by atoms with van der Waals surface area (Å²) in [4.78, 5) is 11.9. The average molecular weight is 221 g/mol. The quantitative estimate of drug-likeness (QED) is 0.845. The summed E-state index contributed by atoms with van der Waals surface area (Å²) in [5.74, 6) is -0.0398. The van der Waals surface area contributed by atoms with Crippen LogP contribution in [0.4, 0.5) is 0 Å². The Kier molecular flexibility index (Phi) is 4.50. The van der Waals surface area contributed by atoms with Crippen molar-refractivity contribution in [3.05, 3.63) is 34.9 Å². The van der Waals surface area contributed by atoms with Gasteiger partial charge in [0.2, 0.25) is 0 Å².